The number of pyridine rings is 1. The van der Waals surface area contributed by atoms with Gasteiger partial charge in [-0.3, -0.25) is 4.98 Å². The third-order valence-corrected chi connectivity index (χ3v) is 5.49. The van der Waals surface area contributed by atoms with Crippen LogP contribution in [0.2, 0.25) is 0 Å². The Balaban J connectivity index is 1.54. The number of benzene rings is 2. The minimum Gasteiger partial charge on any atom is -0.390 e. The van der Waals surface area contributed by atoms with Crippen LogP contribution in [0.1, 0.15) is 24.5 Å². The first-order valence-corrected chi connectivity index (χ1v) is 10.1. The van der Waals surface area contributed by atoms with Gasteiger partial charge in [-0.2, -0.15) is 5.26 Å². The van der Waals surface area contributed by atoms with E-state index in [-0.39, 0.29) is 12.2 Å². The summed E-state index contributed by atoms with van der Waals surface area (Å²) in [6.07, 6.45) is 2.39. The lowest BCUT2D eigenvalue weighted by molar-refractivity contribution is -0.0815. The molecule has 2 aromatic carbocycles. The average molecular weight is 387 g/mol. The number of hydrogen-bond donors (Lipinski definition) is 1. The number of fused-ring (bicyclic) bond motifs is 1. The Labute approximate surface area is 171 Å². The molecule has 5 heteroatoms. The van der Waals surface area contributed by atoms with Crippen molar-refractivity contribution in [2.45, 2.75) is 38.1 Å². The zero-order valence-corrected chi connectivity index (χ0v) is 16.5. The summed E-state index contributed by atoms with van der Waals surface area (Å²) in [5, 5.41) is 21.2. The molecule has 3 aromatic rings. The van der Waals surface area contributed by atoms with E-state index in [0.29, 0.717) is 24.0 Å². The molecule has 0 amide bonds. The zero-order chi connectivity index (χ0) is 20.2. The summed E-state index contributed by atoms with van der Waals surface area (Å²) in [6.45, 7) is 3.38. The second kappa shape index (κ2) is 8.60. The molecule has 0 bridgehead atoms. The van der Waals surface area contributed by atoms with Crippen LogP contribution in [-0.2, 0) is 11.2 Å². The Morgan fingerprint density at radius 1 is 1.17 bits per heavy atom. The van der Waals surface area contributed by atoms with Crippen molar-refractivity contribution in [3.8, 4) is 6.07 Å². The quantitative estimate of drug-likeness (QED) is 0.723. The van der Waals surface area contributed by atoms with E-state index in [2.05, 4.69) is 28.1 Å². The molecule has 1 fully saturated rings. The molecule has 0 aliphatic carbocycles. The molecule has 0 unspecified atom stereocenters. The number of aromatic nitrogens is 1. The van der Waals surface area contributed by atoms with Crippen molar-refractivity contribution in [3.05, 3.63) is 71.9 Å². The zero-order valence-electron chi connectivity index (χ0n) is 16.5. The van der Waals surface area contributed by atoms with Crippen LogP contribution < -0.4 is 4.90 Å². The topological polar surface area (TPSA) is 69.4 Å². The van der Waals surface area contributed by atoms with Crippen LogP contribution in [0.25, 0.3) is 10.9 Å². The molecule has 1 aliphatic rings. The molecule has 0 spiro atoms. The minimum atomic E-state index is -0.539. The fourth-order valence-electron chi connectivity index (χ4n) is 4.06. The van der Waals surface area contributed by atoms with Gasteiger partial charge in [-0.25, -0.2) is 0 Å². The SMILES string of the molecule is C[C@@H]1CN(c2ccc(C#N)c3ncccc23)C[C@H]([C@H](O)CCc2ccccc2)O1. The molecular weight excluding hydrogens is 362 g/mol. The van der Waals surface area contributed by atoms with Crippen molar-refractivity contribution < 1.29 is 9.84 Å². The molecule has 1 N–H and O–H groups in total. The van der Waals surface area contributed by atoms with Gasteiger partial charge in [0, 0.05) is 30.4 Å². The van der Waals surface area contributed by atoms with Crippen molar-refractivity contribution in [2.75, 3.05) is 18.0 Å². The van der Waals surface area contributed by atoms with Crippen molar-refractivity contribution in [3.63, 3.8) is 0 Å². The number of aliphatic hydroxyl groups is 1. The molecule has 1 aliphatic heterocycles. The molecule has 1 aromatic heterocycles. The fourth-order valence-corrected chi connectivity index (χ4v) is 4.06. The molecule has 0 radical (unpaired) electrons. The summed E-state index contributed by atoms with van der Waals surface area (Å²) >= 11 is 0. The maximum Gasteiger partial charge on any atom is 0.101 e. The second-order valence-electron chi connectivity index (χ2n) is 7.63. The Morgan fingerprint density at radius 2 is 2.00 bits per heavy atom. The van der Waals surface area contributed by atoms with Gasteiger partial charge < -0.3 is 14.7 Å². The Bertz CT molecular complexity index is 1020. The van der Waals surface area contributed by atoms with Gasteiger partial charge >= 0.3 is 0 Å². The molecule has 2 heterocycles. The molecule has 4 rings (SSSR count). The van der Waals surface area contributed by atoms with E-state index in [9.17, 15) is 10.4 Å². The van der Waals surface area contributed by atoms with Crippen LogP contribution in [-0.4, -0.2) is 41.5 Å². The average Bonchev–Trinajstić information content (AvgIpc) is 2.77. The second-order valence-corrected chi connectivity index (χ2v) is 7.63. The maximum atomic E-state index is 10.8. The maximum absolute atomic E-state index is 10.8. The third-order valence-electron chi connectivity index (χ3n) is 5.49. The number of anilines is 1. The molecular formula is C24H25N3O2. The first kappa shape index (κ1) is 19.4. The van der Waals surface area contributed by atoms with Crippen LogP contribution in [0.3, 0.4) is 0 Å². The van der Waals surface area contributed by atoms with Gasteiger partial charge in [0.2, 0.25) is 0 Å². The highest BCUT2D eigenvalue weighted by molar-refractivity contribution is 5.95. The molecule has 148 valence electrons. The predicted octanol–water partition coefficient (Wildman–Crippen LogP) is 3.69. The number of rotatable bonds is 5. The van der Waals surface area contributed by atoms with Crippen molar-refractivity contribution in [1.29, 1.82) is 5.26 Å². The summed E-state index contributed by atoms with van der Waals surface area (Å²) in [5.41, 5.74) is 3.54. The summed E-state index contributed by atoms with van der Waals surface area (Å²) in [6, 6.07) is 20.1. The van der Waals surface area contributed by atoms with E-state index in [1.807, 2.05) is 49.4 Å². The van der Waals surface area contributed by atoms with E-state index >= 15 is 0 Å². The molecule has 5 nitrogen and oxygen atoms in total. The standard InChI is InChI=1S/C24H25N3O2/c1-17-15-27(21-11-10-19(14-25)24-20(21)8-5-13-26-24)16-23(29-17)22(28)12-9-18-6-3-2-4-7-18/h2-8,10-11,13,17,22-23,28H,9,12,15-16H2,1H3/t17-,22-,23-/m1/s1. The van der Waals surface area contributed by atoms with Gasteiger partial charge in [-0.15, -0.1) is 0 Å². The number of hydrogen-bond acceptors (Lipinski definition) is 5. The van der Waals surface area contributed by atoms with Gasteiger partial charge in [0.05, 0.1) is 23.3 Å². The number of aryl methyl sites for hydroxylation is 1. The number of aliphatic hydroxyl groups excluding tert-OH is 1. The van der Waals surface area contributed by atoms with Crippen LogP contribution >= 0.6 is 0 Å². The summed E-state index contributed by atoms with van der Waals surface area (Å²) in [7, 11) is 0. The summed E-state index contributed by atoms with van der Waals surface area (Å²) in [4.78, 5) is 6.66. The van der Waals surface area contributed by atoms with Crippen LogP contribution in [0, 0.1) is 11.3 Å². The number of nitrogens with zero attached hydrogens (tertiary/aromatic N) is 3. The normalized spacial score (nSPS) is 20.4. The summed E-state index contributed by atoms with van der Waals surface area (Å²) in [5.74, 6) is 0. The number of nitriles is 1. The first-order chi connectivity index (χ1) is 14.2. The molecule has 29 heavy (non-hydrogen) atoms. The van der Waals surface area contributed by atoms with Gasteiger partial charge in [-0.05, 0) is 49.6 Å². The van der Waals surface area contributed by atoms with E-state index in [1.165, 1.54) is 5.56 Å². The number of morpholine rings is 1. The van der Waals surface area contributed by atoms with E-state index in [0.717, 1.165) is 24.0 Å². The molecule has 3 atom stereocenters. The van der Waals surface area contributed by atoms with Crippen LogP contribution in [0.5, 0.6) is 0 Å². The van der Waals surface area contributed by atoms with Crippen LogP contribution in [0.15, 0.2) is 60.8 Å². The fraction of sp³-hybridized carbons (Fsp3) is 0.333. The van der Waals surface area contributed by atoms with Gasteiger partial charge in [0.1, 0.15) is 12.2 Å². The lowest BCUT2D eigenvalue weighted by Gasteiger charge is -2.40. The van der Waals surface area contributed by atoms with Gasteiger partial charge in [0.25, 0.3) is 0 Å². The summed E-state index contributed by atoms with van der Waals surface area (Å²) < 4.78 is 6.09. The highest BCUT2D eigenvalue weighted by Crippen LogP contribution is 2.31. The van der Waals surface area contributed by atoms with Gasteiger partial charge in [-0.1, -0.05) is 30.3 Å². The third kappa shape index (κ3) is 4.24. The highest BCUT2D eigenvalue weighted by Gasteiger charge is 2.31. The first-order valence-electron chi connectivity index (χ1n) is 10.1. The number of ether oxygens (including phenoxy) is 1. The molecule has 1 saturated heterocycles. The minimum absolute atomic E-state index is 0.00231. The lowest BCUT2D eigenvalue weighted by Crippen LogP contribution is -2.51. The van der Waals surface area contributed by atoms with Crippen molar-refractivity contribution >= 4 is 16.6 Å². The monoisotopic (exact) mass is 387 g/mol. The Kier molecular flexibility index (Phi) is 5.75. The smallest absolute Gasteiger partial charge is 0.101 e. The van der Waals surface area contributed by atoms with E-state index in [1.54, 1.807) is 6.20 Å². The van der Waals surface area contributed by atoms with E-state index < -0.39 is 6.10 Å². The lowest BCUT2D eigenvalue weighted by atomic mass is 10.0. The van der Waals surface area contributed by atoms with Crippen molar-refractivity contribution in [2.24, 2.45) is 0 Å². The van der Waals surface area contributed by atoms with E-state index in [4.69, 9.17) is 4.74 Å². The largest absolute Gasteiger partial charge is 0.390 e. The van der Waals surface area contributed by atoms with Crippen LogP contribution in [0.4, 0.5) is 5.69 Å². The Hall–Kier alpha value is -2.94. The molecule has 0 saturated carbocycles. The Morgan fingerprint density at radius 3 is 2.79 bits per heavy atom. The highest BCUT2D eigenvalue weighted by atomic mass is 16.5. The predicted molar refractivity (Wildman–Crippen MR) is 114 cm³/mol. The van der Waals surface area contributed by atoms with Crippen molar-refractivity contribution in [1.82, 2.24) is 4.98 Å². The van der Waals surface area contributed by atoms with Gasteiger partial charge in [0.15, 0.2) is 0 Å².